The summed E-state index contributed by atoms with van der Waals surface area (Å²) in [5, 5.41) is 5.72. The Kier molecular flexibility index (Phi) is 3.81. The molecule has 0 unspecified atom stereocenters. The summed E-state index contributed by atoms with van der Waals surface area (Å²) in [6.45, 7) is 4.78. The first kappa shape index (κ1) is 12.8. The molecule has 2 heterocycles. The van der Waals surface area contributed by atoms with E-state index in [-0.39, 0.29) is 5.56 Å². The maximum absolute atomic E-state index is 12.4. The predicted octanol–water partition coefficient (Wildman–Crippen LogP) is 2.73. The maximum atomic E-state index is 12.4. The highest BCUT2D eigenvalue weighted by Gasteiger charge is 2.10. The fourth-order valence-electron chi connectivity index (χ4n) is 1.88. The van der Waals surface area contributed by atoms with Crippen LogP contribution in [0.1, 0.15) is 19.0 Å². The number of aromatic nitrogens is 2. The molecule has 2 rings (SSSR count). The summed E-state index contributed by atoms with van der Waals surface area (Å²) in [4.78, 5) is 16.8. The molecule has 0 aliphatic rings. The second-order valence-corrected chi connectivity index (χ2v) is 4.99. The average molecular weight is 263 g/mol. The van der Waals surface area contributed by atoms with Crippen molar-refractivity contribution in [1.82, 2.24) is 9.55 Å². The predicted molar refractivity (Wildman–Crippen MR) is 76.4 cm³/mol. The molecule has 96 valence electrons. The van der Waals surface area contributed by atoms with Crippen molar-refractivity contribution >= 4 is 16.5 Å². The van der Waals surface area contributed by atoms with Crippen LogP contribution in [0.3, 0.4) is 0 Å². The number of hydrogen-bond acceptors (Lipinski definition) is 4. The smallest absolute Gasteiger partial charge is 0.260 e. The Morgan fingerprint density at radius 3 is 2.83 bits per heavy atom. The van der Waals surface area contributed by atoms with Crippen LogP contribution in [-0.2, 0) is 6.54 Å². The Morgan fingerprint density at radius 2 is 2.22 bits per heavy atom. The van der Waals surface area contributed by atoms with E-state index in [1.807, 2.05) is 36.1 Å². The Hall–Kier alpha value is -1.62. The molecule has 18 heavy (non-hydrogen) atoms. The van der Waals surface area contributed by atoms with Crippen LogP contribution in [0, 0.1) is 6.92 Å². The minimum Gasteiger partial charge on any atom is -0.365 e. The van der Waals surface area contributed by atoms with Gasteiger partial charge in [-0.3, -0.25) is 4.79 Å². The maximum Gasteiger partial charge on any atom is 0.260 e. The van der Waals surface area contributed by atoms with Crippen molar-refractivity contribution in [3.8, 4) is 11.3 Å². The zero-order valence-electron chi connectivity index (χ0n) is 10.9. The van der Waals surface area contributed by atoms with Gasteiger partial charge in [-0.2, -0.15) is 0 Å². The SMILES string of the molecule is CCCn1c(C)ccc(-c2csc(NC)n2)c1=O. The van der Waals surface area contributed by atoms with Gasteiger partial charge in [-0.15, -0.1) is 11.3 Å². The van der Waals surface area contributed by atoms with E-state index < -0.39 is 0 Å². The molecule has 0 aliphatic carbocycles. The van der Waals surface area contributed by atoms with Gasteiger partial charge in [0.15, 0.2) is 5.13 Å². The molecule has 0 amide bonds. The van der Waals surface area contributed by atoms with Crippen molar-refractivity contribution in [1.29, 1.82) is 0 Å². The molecule has 0 saturated carbocycles. The molecular formula is C13H17N3OS. The van der Waals surface area contributed by atoms with Crippen LogP contribution in [0.25, 0.3) is 11.3 Å². The molecule has 0 bridgehead atoms. The molecule has 2 aromatic rings. The van der Waals surface area contributed by atoms with Gasteiger partial charge < -0.3 is 9.88 Å². The number of nitrogens with one attached hydrogen (secondary N) is 1. The van der Waals surface area contributed by atoms with Crippen molar-refractivity contribution in [2.75, 3.05) is 12.4 Å². The highest BCUT2D eigenvalue weighted by molar-refractivity contribution is 7.14. The molecule has 0 radical (unpaired) electrons. The van der Waals surface area contributed by atoms with Gasteiger partial charge in [-0.05, 0) is 25.5 Å². The fraction of sp³-hybridized carbons (Fsp3) is 0.385. The molecule has 0 atom stereocenters. The second-order valence-electron chi connectivity index (χ2n) is 4.13. The third kappa shape index (κ3) is 2.31. The highest BCUT2D eigenvalue weighted by atomic mass is 32.1. The van der Waals surface area contributed by atoms with E-state index in [0.717, 1.165) is 29.5 Å². The molecule has 1 N–H and O–H groups in total. The fourth-order valence-corrected chi connectivity index (χ4v) is 2.55. The third-order valence-corrected chi connectivity index (χ3v) is 3.69. The summed E-state index contributed by atoms with van der Waals surface area (Å²) in [7, 11) is 1.83. The van der Waals surface area contributed by atoms with Gasteiger partial charge in [0.05, 0.1) is 11.3 Å². The third-order valence-electron chi connectivity index (χ3n) is 2.83. The van der Waals surface area contributed by atoms with Gasteiger partial charge in [0, 0.05) is 24.7 Å². The van der Waals surface area contributed by atoms with E-state index in [1.165, 1.54) is 11.3 Å². The first-order valence-electron chi connectivity index (χ1n) is 6.01. The van der Waals surface area contributed by atoms with E-state index >= 15 is 0 Å². The summed E-state index contributed by atoms with van der Waals surface area (Å²) < 4.78 is 1.81. The quantitative estimate of drug-likeness (QED) is 0.922. The first-order chi connectivity index (χ1) is 8.67. The lowest BCUT2D eigenvalue weighted by atomic mass is 10.2. The lowest BCUT2D eigenvalue weighted by Crippen LogP contribution is -2.23. The minimum atomic E-state index is 0.0461. The Balaban J connectivity index is 2.51. The molecule has 5 heteroatoms. The van der Waals surface area contributed by atoms with E-state index in [2.05, 4.69) is 17.2 Å². The van der Waals surface area contributed by atoms with Crippen LogP contribution in [0.2, 0.25) is 0 Å². The van der Waals surface area contributed by atoms with E-state index in [4.69, 9.17) is 0 Å². The van der Waals surface area contributed by atoms with Gasteiger partial charge in [-0.25, -0.2) is 4.98 Å². The lowest BCUT2D eigenvalue weighted by Gasteiger charge is -2.09. The van der Waals surface area contributed by atoms with Crippen molar-refractivity contribution < 1.29 is 0 Å². The van der Waals surface area contributed by atoms with Gasteiger partial charge in [-0.1, -0.05) is 6.92 Å². The largest absolute Gasteiger partial charge is 0.365 e. The molecule has 4 nitrogen and oxygen atoms in total. The summed E-state index contributed by atoms with van der Waals surface area (Å²) in [5.41, 5.74) is 2.46. The summed E-state index contributed by atoms with van der Waals surface area (Å²) in [6, 6.07) is 3.84. The van der Waals surface area contributed by atoms with Crippen molar-refractivity contribution in [3.63, 3.8) is 0 Å². The normalized spacial score (nSPS) is 10.6. The van der Waals surface area contributed by atoms with Crippen molar-refractivity contribution in [3.05, 3.63) is 33.6 Å². The minimum absolute atomic E-state index is 0.0461. The molecule has 0 spiro atoms. The monoisotopic (exact) mass is 263 g/mol. The van der Waals surface area contributed by atoms with Crippen LogP contribution in [0.5, 0.6) is 0 Å². The molecule has 0 aliphatic heterocycles. The zero-order valence-corrected chi connectivity index (χ0v) is 11.7. The number of nitrogens with zero attached hydrogens (tertiary/aromatic N) is 2. The standard InChI is InChI=1S/C13H17N3OS/c1-4-7-16-9(2)5-6-10(12(16)17)11-8-18-13(14-3)15-11/h5-6,8H,4,7H2,1-3H3,(H,14,15). The lowest BCUT2D eigenvalue weighted by molar-refractivity contribution is 0.636. The van der Waals surface area contributed by atoms with Crippen LogP contribution in [0.4, 0.5) is 5.13 Å². The first-order valence-corrected chi connectivity index (χ1v) is 6.89. The van der Waals surface area contributed by atoms with Crippen molar-refractivity contribution in [2.45, 2.75) is 26.8 Å². The average Bonchev–Trinajstić information content (AvgIpc) is 2.83. The van der Waals surface area contributed by atoms with Crippen LogP contribution in [-0.4, -0.2) is 16.6 Å². The topological polar surface area (TPSA) is 46.9 Å². The number of aryl methyl sites for hydroxylation is 1. The van der Waals surface area contributed by atoms with E-state index in [0.29, 0.717) is 5.56 Å². The Labute approximate surface area is 110 Å². The molecule has 0 fully saturated rings. The van der Waals surface area contributed by atoms with Crippen LogP contribution >= 0.6 is 11.3 Å². The van der Waals surface area contributed by atoms with Gasteiger partial charge in [0.1, 0.15) is 0 Å². The summed E-state index contributed by atoms with van der Waals surface area (Å²) >= 11 is 1.51. The number of anilines is 1. The Bertz CT molecular complexity index is 601. The Morgan fingerprint density at radius 1 is 1.44 bits per heavy atom. The molecule has 0 aromatic carbocycles. The number of pyridine rings is 1. The molecule has 2 aromatic heterocycles. The van der Waals surface area contributed by atoms with Crippen molar-refractivity contribution in [2.24, 2.45) is 0 Å². The second kappa shape index (κ2) is 5.35. The summed E-state index contributed by atoms with van der Waals surface area (Å²) in [5.74, 6) is 0. The molecule has 0 saturated heterocycles. The van der Waals surface area contributed by atoms with Crippen LogP contribution < -0.4 is 10.9 Å². The zero-order chi connectivity index (χ0) is 13.1. The number of thiazole rings is 1. The number of hydrogen-bond donors (Lipinski definition) is 1. The van der Waals surface area contributed by atoms with Gasteiger partial charge >= 0.3 is 0 Å². The summed E-state index contributed by atoms with van der Waals surface area (Å²) in [6.07, 6.45) is 0.947. The number of rotatable bonds is 4. The van der Waals surface area contributed by atoms with Gasteiger partial charge in [0.2, 0.25) is 0 Å². The van der Waals surface area contributed by atoms with E-state index in [1.54, 1.807) is 0 Å². The van der Waals surface area contributed by atoms with E-state index in [9.17, 15) is 4.79 Å². The molecular weight excluding hydrogens is 246 g/mol. The highest BCUT2D eigenvalue weighted by Crippen LogP contribution is 2.22. The van der Waals surface area contributed by atoms with Gasteiger partial charge in [0.25, 0.3) is 5.56 Å². The van der Waals surface area contributed by atoms with Crippen LogP contribution in [0.15, 0.2) is 22.3 Å².